The first-order valence-electron chi connectivity index (χ1n) is 6.68. The molecule has 0 aliphatic heterocycles. The number of hydrogen-bond acceptors (Lipinski definition) is 4. The number of rotatable bonds is 4. The number of benzene rings is 2. The minimum Gasteiger partial charge on any atom is -0.455 e. The van der Waals surface area contributed by atoms with Gasteiger partial charge in [-0.1, -0.05) is 42.5 Å². The van der Waals surface area contributed by atoms with Gasteiger partial charge in [0.05, 0.1) is 11.8 Å². The average molecular weight is 282 g/mol. The molecule has 0 fully saturated rings. The SMILES string of the molecule is CCOc1no[n+]([O-])c1-c1ccc(-c2ccccc2)cc1. The normalized spacial score (nSPS) is 10.5. The van der Waals surface area contributed by atoms with E-state index in [2.05, 4.69) is 9.79 Å². The van der Waals surface area contributed by atoms with Gasteiger partial charge in [-0.15, -0.1) is 0 Å². The highest BCUT2D eigenvalue weighted by atomic mass is 16.8. The molecule has 0 N–H and O–H groups in total. The van der Waals surface area contributed by atoms with E-state index in [0.717, 1.165) is 11.1 Å². The standard InChI is InChI=1S/C16H14N2O3/c1-2-20-16-15(18(19)21-17-16)14-10-8-13(9-11-14)12-6-4-3-5-7-12/h3-11H,2H2,1H3. The van der Waals surface area contributed by atoms with E-state index >= 15 is 0 Å². The molecule has 0 amide bonds. The van der Waals surface area contributed by atoms with Gasteiger partial charge in [-0.25, -0.2) is 0 Å². The van der Waals surface area contributed by atoms with Crippen LogP contribution in [0.1, 0.15) is 6.92 Å². The monoisotopic (exact) mass is 282 g/mol. The van der Waals surface area contributed by atoms with E-state index in [-0.39, 0.29) is 11.6 Å². The predicted octanol–water partition coefficient (Wildman–Crippen LogP) is 3.04. The van der Waals surface area contributed by atoms with Crippen molar-refractivity contribution in [3.05, 3.63) is 59.8 Å². The van der Waals surface area contributed by atoms with E-state index in [0.29, 0.717) is 17.1 Å². The lowest BCUT2D eigenvalue weighted by molar-refractivity contribution is -0.793. The molecule has 0 unspecified atom stereocenters. The van der Waals surface area contributed by atoms with E-state index in [1.807, 2.05) is 61.5 Å². The zero-order valence-corrected chi connectivity index (χ0v) is 11.5. The first-order chi connectivity index (χ1) is 10.3. The van der Waals surface area contributed by atoms with Crippen LogP contribution < -0.4 is 9.64 Å². The van der Waals surface area contributed by atoms with Crippen molar-refractivity contribution in [2.24, 2.45) is 0 Å². The highest BCUT2D eigenvalue weighted by molar-refractivity contribution is 5.69. The Morgan fingerprint density at radius 2 is 1.62 bits per heavy atom. The van der Waals surface area contributed by atoms with Crippen LogP contribution >= 0.6 is 0 Å². The molecule has 1 aromatic heterocycles. The van der Waals surface area contributed by atoms with Gasteiger partial charge in [-0.3, -0.25) is 4.63 Å². The maximum Gasteiger partial charge on any atom is 0.402 e. The van der Waals surface area contributed by atoms with Gasteiger partial charge in [0.2, 0.25) is 0 Å². The van der Waals surface area contributed by atoms with Crippen LogP contribution in [0.4, 0.5) is 0 Å². The van der Waals surface area contributed by atoms with E-state index in [1.165, 1.54) is 0 Å². The van der Waals surface area contributed by atoms with Crippen molar-refractivity contribution >= 4 is 0 Å². The first-order valence-corrected chi connectivity index (χ1v) is 6.68. The Morgan fingerprint density at radius 1 is 1.00 bits per heavy atom. The molecule has 2 aromatic carbocycles. The molecule has 5 heteroatoms. The van der Waals surface area contributed by atoms with E-state index in [1.54, 1.807) is 0 Å². The van der Waals surface area contributed by atoms with E-state index < -0.39 is 0 Å². The van der Waals surface area contributed by atoms with Crippen molar-refractivity contribution in [2.45, 2.75) is 6.92 Å². The molecule has 0 saturated carbocycles. The summed E-state index contributed by atoms with van der Waals surface area (Å²) < 4.78 is 9.91. The second kappa shape index (κ2) is 5.66. The number of nitrogens with zero attached hydrogens (tertiary/aromatic N) is 2. The summed E-state index contributed by atoms with van der Waals surface area (Å²) in [5.41, 5.74) is 3.19. The molecule has 0 aliphatic carbocycles. The maximum atomic E-state index is 11.7. The Bertz CT molecular complexity index is 721. The lowest BCUT2D eigenvalue weighted by Crippen LogP contribution is -2.25. The predicted molar refractivity (Wildman–Crippen MR) is 77.5 cm³/mol. The Balaban J connectivity index is 1.96. The largest absolute Gasteiger partial charge is 0.455 e. The highest BCUT2D eigenvalue weighted by Gasteiger charge is 2.22. The molecule has 3 rings (SSSR count). The molecular formula is C16H14N2O3. The quantitative estimate of drug-likeness (QED) is 0.690. The number of ether oxygens (including phenoxy) is 1. The van der Waals surface area contributed by atoms with Crippen molar-refractivity contribution in [3.63, 3.8) is 0 Å². The van der Waals surface area contributed by atoms with Gasteiger partial charge >= 0.3 is 5.88 Å². The number of hydrogen-bond donors (Lipinski definition) is 0. The second-order valence-corrected chi connectivity index (χ2v) is 4.46. The van der Waals surface area contributed by atoms with E-state index in [9.17, 15) is 5.21 Å². The second-order valence-electron chi connectivity index (χ2n) is 4.46. The van der Waals surface area contributed by atoms with Gasteiger partial charge in [0.15, 0.2) is 0 Å². The van der Waals surface area contributed by atoms with Crippen LogP contribution in [0.25, 0.3) is 22.4 Å². The molecule has 0 saturated heterocycles. The summed E-state index contributed by atoms with van der Waals surface area (Å²) in [5.74, 6) is 0.208. The smallest absolute Gasteiger partial charge is 0.402 e. The molecule has 5 nitrogen and oxygen atoms in total. The third-order valence-electron chi connectivity index (χ3n) is 3.13. The zero-order chi connectivity index (χ0) is 14.7. The minimum atomic E-state index is 0.208. The van der Waals surface area contributed by atoms with Gasteiger partial charge in [0, 0.05) is 5.56 Å². The molecule has 1 heterocycles. The van der Waals surface area contributed by atoms with Gasteiger partial charge in [0.1, 0.15) is 0 Å². The first kappa shape index (κ1) is 13.2. The van der Waals surface area contributed by atoms with Gasteiger partial charge < -0.3 is 9.94 Å². The average Bonchev–Trinajstić information content (AvgIpc) is 2.90. The van der Waals surface area contributed by atoms with E-state index in [4.69, 9.17) is 4.74 Å². The Hall–Kier alpha value is -2.82. The fraction of sp³-hybridized carbons (Fsp3) is 0.125. The molecule has 21 heavy (non-hydrogen) atoms. The lowest BCUT2D eigenvalue weighted by Gasteiger charge is -2.03. The van der Waals surface area contributed by atoms with Crippen molar-refractivity contribution in [2.75, 3.05) is 6.61 Å². The molecule has 3 aromatic rings. The fourth-order valence-corrected chi connectivity index (χ4v) is 2.15. The van der Waals surface area contributed by atoms with Gasteiger partial charge in [-0.2, -0.15) is 0 Å². The van der Waals surface area contributed by atoms with Crippen LogP contribution in [0.15, 0.2) is 59.2 Å². The molecule has 0 aliphatic rings. The Kier molecular flexibility index (Phi) is 3.55. The number of aromatic nitrogens is 2. The van der Waals surface area contributed by atoms with Crippen molar-refractivity contribution in [3.8, 4) is 28.3 Å². The third-order valence-corrected chi connectivity index (χ3v) is 3.13. The van der Waals surface area contributed by atoms with Crippen LogP contribution in [0.3, 0.4) is 0 Å². The lowest BCUT2D eigenvalue weighted by atomic mass is 10.0. The maximum absolute atomic E-state index is 11.7. The summed E-state index contributed by atoms with van der Waals surface area (Å²) >= 11 is 0. The van der Waals surface area contributed by atoms with Crippen molar-refractivity contribution < 1.29 is 14.3 Å². The molecule has 0 radical (unpaired) electrons. The highest BCUT2D eigenvalue weighted by Crippen LogP contribution is 2.27. The van der Waals surface area contributed by atoms with Gasteiger partial charge in [0.25, 0.3) is 5.69 Å². The van der Waals surface area contributed by atoms with Gasteiger partial charge in [-0.05, 0) is 35.1 Å². The molecule has 0 atom stereocenters. The summed E-state index contributed by atoms with van der Waals surface area (Å²) in [6.07, 6.45) is 0. The van der Waals surface area contributed by atoms with Crippen LogP contribution in [-0.4, -0.2) is 11.8 Å². The summed E-state index contributed by atoms with van der Waals surface area (Å²) in [4.78, 5) is 0.364. The van der Waals surface area contributed by atoms with Crippen LogP contribution in [0.2, 0.25) is 0 Å². The Labute approximate surface area is 121 Å². The third kappa shape index (κ3) is 2.58. The summed E-state index contributed by atoms with van der Waals surface area (Å²) in [6, 6.07) is 17.6. The van der Waals surface area contributed by atoms with Crippen molar-refractivity contribution in [1.82, 2.24) is 5.16 Å². The summed E-state index contributed by atoms with van der Waals surface area (Å²) in [7, 11) is 0. The zero-order valence-electron chi connectivity index (χ0n) is 11.5. The summed E-state index contributed by atoms with van der Waals surface area (Å²) in [6.45, 7) is 2.24. The topological polar surface area (TPSA) is 62.2 Å². The molecule has 106 valence electrons. The molecule has 0 bridgehead atoms. The Morgan fingerprint density at radius 3 is 2.29 bits per heavy atom. The molecule has 0 spiro atoms. The summed E-state index contributed by atoms with van der Waals surface area (Å²) in [5, 5.41) is 15.3. The van der Waals surface area contributed by atoms with Crippen LogP contribution in [0, 0.1) is 5.21 Å². The molecular weight excluding hydrogens is 268 g/mol. The fourth-order valence-electron chi connectivity index (χ4n) is 2.15. The van der Waals surface area contributed by atoms with Crippen molar-refractivity contribution in [1.29, 1.82) is 0 Å². The van der Waals surface area contributed by atoms with Crippen LogP contribution in [-0.2, 0) is 0 Å². The minimum absolute atomic E-state index is 0.208. The van der Waals surface area contributed by atoms with Crippen LogP contribution in [0.5, 0.6) is 5.88 Å².